The van der Waals surface area contributed by atoms with E-state index >= 15 is 0 Å². The molecule has 1 aliphatic heterocycles. The number of anilines is 2. The number of fused-ring (bicyclic) bond motifs is 1. The maximum Gasteiger partial charge on any atom is 0.151 e. The highest BCUT2D eigenvalue weighted by molar-refractivity contribution is 9.10. The fraction of sp³-hybridized carbons (Fsp3) is 0.312. The smallest absolute Gasteiger partial charge is 0.151 e. The molecule has 0 spiro atoms. The predicted molar refractivity (Wildman–Crippen MR) is 171 cm³/mol. The van der Waals surface area contributed by atoms with Crippen LogP contribution in [0.25, 0.3) is 10.9 Å². The van der Waals surface area contributed by atoms with Crippen LogP contribution in [0.2, 0.25) is 0 Å². The van der Waals surface area contributed by atoms with Gasteiger partial charge < -0.3 is 20.1 Å². The summed E-state index contributed by atoms with van der Waals surface area (Å²) in [5.74, 6) is 1.31. The summed E-state index contributed by atoms with van der Waals surface area (Å²) < 4.78 is 49.8. The SMILES string of the molecule is CCS(=O)(=O)CCNCCCC1(c2ccc3ncnc(Nc4ccc(OCc5cccc(F)c5)c(Br)c4)c3c2)CC=CO1. The van der Waals surface area contributed by atoms with Crippen molar-refractivity contribution in [1.82, 2.24) is 15.3 Å². The number of hydrogen-bond donors (Lipinski definition) is 2. The lowest BCUT2D eigenvalue weighted by atomic mass is 9.86. The number of aromatic nitrogens is 2. The van der Waals surface area contributed by atoms with Crippen molar-refractivity contribution < 1.29 is 22.3 Å². The first-order chi connectivity index (χ1) is 20.8. The highest BCUT2D eigenvalue weighted by Gasteiger charge is 2.35. The van der Waals surface area contributed by atoms with Gasteiger partial charge in [-0.05, 0) is 95.0 Å². The second kappa shape index (κ2) is 13.8. The molecule has 226 valence electrons. The van der Waals surface area contributed by atoms with E-state index < -0.39 is 15.4 Å². The number of ether oxygens (including phenoxy) is 2. The van der Waals surface area contributed by atoms with E-state index in [4.69, 9.17) is 9.47 Å². The van der Waals surface area contributed by atoms with Gasteiger partial charge in [0.1, 0.15) is 35.9 Å². The molecule has 2 N–H and O–H groups in total. The van der Waals surface area contributed by atoms with Gasteiger partial charge >= 0.3 is 0 Å². The van der Waals surface area contributed by atoms with Crippen molar-refractivity contribution in [2.75, 3.05) is 29.9 Å². The third kappa shape index (κ3) is 7.90. The lowest BCUT2D eigenvalue weighted by molar-refractivity contribution is 0.0306. The lowest BCUT2D eigenvalue weighted by Crippen LogP contribution is -2.29. The Balaban J connectivity index is 1.28. The quantitative estimate of drug-likeness (QED) is 0.142. The van der Waals surface area contributed by atoms with E-state index in [9.17, 15) is 12.8 Å². The molecule has 0 saturated carbocycles. The first-order valence-electron chi connectivity index (χ1n) is 14.2. The summed E-state index contributed by atoms with van der Waals surface area (Å²) in [5, 5.41) is 7.52. The number of sulfone groups is 1. The van der Waals surface area contributed by atoms with E-state index in [1.807, 2.05) is 36.4 Å². The van der Waals surface area contributed by atoms with Gasteiger partial charge in [-0.25, -0.2) is 22.8 Å². The van der Waals surface area contributed by atoms with Crippen LogP contribution in [-0.2, 0) is 26.8 Å². The van der Waals surface area contributed by atoms with Gasteiger partial charge in [-0.2, -0.15) is 0 Å². The fourth-order valence-electron chi connectivity index (χ4n) is 5.01. The van der Waals surface area contributed by atoms with Crippen molar-refractivity contribution in [3.8, 4) is 5.75 Å². The Morgan fingerprint density at radius 3 is 2.74 bits per heavy atom. The standard InChI is InChI=1S/C32H34BrFN4O4S/c1-2-43(39,40)17-15-35-14-4-12-32(13-5-16-42-32)24-8-10-29-27(19-24)31(37-22-36-29)38-26-9-11-30(28(33)20-26)41-21-23-6-3-7-25(34)18-23/h3,5-11,16,18-20,22,35H,2,4,12-15,17,21H2,1H3,(H,36,37,38). The molecule has 0 aliphatic carbocycles. The molecule has 8 nitrogen and oxygen atoms in total. The number of benzene rings is 3. The highest BCUT2D eigenvalue weighted by atomic mass is 79.9. The van der Waals surface area contributed by atoms with Crippen LogP contribution in [0.3, 0.4) is 0 Å². The van der Waals surface area contributed by atoms with Crippen molar-refractivity contribution in [2.45, 2.75) is 38.4 Å². The highest BCUT2D eigenvalue weighted by Crippen LogP contribution is 2.40. The number of rotatable bonds is 14. The molecule has 1 atom stereocenters. The van der Waals surface area contributed by atoms with Crippen molar-refractivity contribution >= 4 is 48.2 Å². The average Bonchev–Trinajstić information content (AvgIpc) is 3.48. The van der Waals surface area contributed by atoms with Crippen LogP contribution < -0.4 is 15.4 Å². The maximum atomic E-state index is 13.5. The van der Waals surface area contributed by atoms with Gasteiger partial charge in [-0.15, -0.1) is 0 Å². The first-order valence-corrected chi connectivity index (χ1v) is 16.8. The number of nitrogens with one attached hydrogen (secondary N) is 2. The largest absolute Gasteiger partial charge is 0.490 e. The molecule has 1 aliphatic rings. The Hall–Kier alpha value is -3.54. The molecule has 43 heavy (non-hydrogen) atoms. The summed E-state index contributed by atoms with van der Waals surface area (Å²) in [6.07, 6.45) is 7.64. The molecule has 11 heteroatoms. The zero-order valence-corrected chi connectivity index (χ0v) is 26.3. The van der Waals surface area contributed by atoms with Crippen LogP contribution in [0.1, 0.15) is 37.3 Å². The van der Waals surface area contributed by atoms with Crippen molar-refractivity contribution in [1.29, 1.82) is 0 Å². The summed E-state index contributed by atoms with van der Waals surface area (Å²) in [4.78, 5) is 9.00. The third-order valence-corrected chi connectivity index (χ3v) is 9.77. The van der Waals surface area contributed by atoms with E-state index in [0.717, 1.165) is 51.5 Å². The molecule has 4 aromatic rings. The third-order valence-electron chi connectivity index (χ3n) is 7.44. The minimum atomic E-state index is -2.98. The zero-order chi connectivity index (χ0) is 30.3. The van der Waals surface area contributed by atoms with Crippen molar-refractivity contribution in [2.24, 2.45) is 0 Å². The van der Waals surface area contributed by atoms with Crippen LogP contribution >= 0.6 is 15.9 Å². The predicted octanol–water partition coefficient (Wildman–Crippen LogP) is 6.79. The lowest BCUT2D eigenvalue weighted by Gasteiger charge is -2.30. The molecular formula is C32H34BrFN4O4S. The van der Waals surface area contributed by atoms with E-state index in [1.165, 1.54) is 18.5 Å². The molecular weight excluding hydrogens is 635 g/mol. The van der Waals surface area contributed by atoms with Crippen LogP contribution in [0.4, 0.5) is 15.9 Å². The molecule has 0 fully saturated rings. The number of nitrogens with zero attached hydrogens (tertiary/aromatic N) is 2. The van der Waals surface area contributed by atoms with E-state index in [0.29, 0.717) is 24.7 Å². The molecule has 5 rings (SSSR count). The van der Waals surface area contributed by atoms with Gasteiger partial charge in [0.15, 0.2) is 9.84 Å². The van der Waals surface area contributed by atoms with E-state index in [-0.39, 0.29) is 23.9 Å². The fourth-order valence-corrected chi connectivity index (χ4v) is 6.25. The van der Waals surface area contributed by atoms with Gasteiger partial charge in [0, 0.05) is 29.8 Å². The van der Waals surface area contributed by atoms with Gasteiger partial charge in [0.25, 0.3) is 0 Å². The van der Waals surface area contributed by atoms with Crippen molar-refractivity contribution in [3.05, 3.63) is 101 Å². The summed E-state index contributed by atoms with van der Waals surface area (Å²) in [6.45, 7) is 3.06. The normalized spacial score (nSPS) is 16.3. The van der Waals surface area contributed by atoms with Crippen molar-refractivity contribution in [3.63, 3.8) is 0 Å². The van der Waals surface area contributed by atoms with Crippen LogP contribution in [-0.4, -0.2) is 43.0 Å². The Morgan fingerprint density at radius 1 is 1.09 bits per heavy atom. The van der Waals surface area contributed by atoms with E-state index in [1.54, 1.807) is 19.3 Å². The Kier molecular flexibility index (Phi) is 9.94. The summed E-state index contributed by atoms with van der Waals surface area (Å²) in [7, 11) is -2.98. The molecule has 1 aromatic heterocycles. The molecule has 3 aromatic carbocycles. The molecule has 2 heterocycles. The second-order valence-corrected chi connectivity index (χ2v) is 13.7. The van der Waals surface area contributed by atoms with Gasteiger partial charge in [0.05, 0.1) is 22.0 Å². The molecule has 0 saturated heterocycles. The zero-order valence-electron chi connectivity index (χ0n) is 23.9. The minimum Gasteiger partial charge on any atom is -0.490 e. The molecule has 1 unspecified atom stereocenters. The van der Waals surface area contributed by atoms with Crippen LogP contribution in [0, 0.1) is 5.82 Å². The topological polar surface area (TPSA) is 102 Å². The summed E-state index contributed by atoms with van der Waals surface area (Å²) in [6, 6.07) is 18.1. The van der Waals surface area contributed by atoms with Crippen LogP contribution in [0.15, 0.2) is 83.8 Å². The Bertz CT molecular complexity index is 1710. The average molecular weight is 670 g/mol. The molecule has 0 bridgehead atoms. The van der Waals surface area contributed by atoms with Gasteiger partial charge in [-0.3, -0.25) is 0 Å². The molecule has 0 radical (unpaired) electrons. The maximum absolute atomic E-state index is 13.5. The first kappa shape index (κ1) is 30.9. The monoisotopic (exact) mass is 668 g/mol. The minimum absolute atomic E-state index is 0.147. The van der Waals surface area contributed by atoms with Crippen LogP contribution in [0.5, 0.6) is 5.75 Å². The number of hydrogen-bond acceptors (Lipinski definition) is 8. The van der Waals surface area contributed by atoms with E-state index in [2.05, 4.69) is 48.7 Å². The molecule has 0 amide bonds. The van der Waals surface area contributed by atoms with Gasteiger partial charge in [0.2, 0.25) is 0 Å². The summed E-state index contributed by atoms with van der Waals surface area (Å²) >= 11 is 3.58. The summed E-state index contributed by atoms with van der Waals surface area (Å²) in [5.41, 5.74) is 2.87. The Morgan fingerprint density at radius 2 is 1.98 bits per heavy atom. The Labute approximate surface area is 259 Å². The second-order valence-electron chi connectivity index (χ2n) is 10.4. The van der Waals surface area contributed by atoms with Gasteiger partial charge in [-0.1, -0.05) is 25.1 Å². The number of halogens is 2.